The Balaban J connectivity index is 2.08. The lowest BCUT2D eigenvalue weighted by atomic mass is 9.88. The smallest absolute Gasteiger partial charge is 0.0490 e. The number of aromatic nitrogens is 2. The summed E-state index contributed by atoms with van der Waals surface area (Å²) in [6.45, 7) is 1.10. The summed E-state index contributed by atoms with van der Waals surface area (Å²) in [6, 6.07) is 10.7. The number of aromatic amines is 1. The van der Waals surface area contributed by atoms with Crippen LogP contribution in [0.5, 0.6) is 0 Å². The maximum atomic E-state index is 4.05. The molecule has 1 aromatic heterocycles. The zero-order chi connectivity index (χ0) is 11.0. The molecule has 1 aliphatic rings. The van der Waals surface area contributed by atoms with Gasteiger partial charge in [-0.2, -0.15) is 5.10 Å². The zero-order valence-electron chi connectivity index (χ0n) is 9.35. The summed E-state index contributed by atoms with van der Waals surface area (Å²) in [6.07, 6.45) is 2.98. The molecular weight excluding hydrogens is 198 g/mol. The van der Waals surface area contributed by atoms with Crippen LogP contribution in [0.3, 0.4) is 0 Å². The number of para-hydroxylation sites is 1. The number of nitrogens with zero attached hydrogens (tertiary/aromatic N) is 2. The van der Waals surface area contributed by atoms with Crippen LogP contribution in [0.25, 0.3) is 0 Å². The highest BCUT2D eigenvalue weighted by Crippen LogP contribution is 2.37. The highest BCUT2D eigenvalue weighted by molar-refractivity contribution is 5.58. The maximum Gasteiger partial charge on any atom is 0.0490 e. The lowest BCUT2D eigenvalue weighted by Crippen LogP contribution is -2.27. The fourth-order valence-corrected chi connectivity index (χ4v) is 2.51. The van der Waals surface area contributed by atoms with Gasteiger partial charge in [-0.3, -0.25) is 5.10 Å². The molecule has 1 aromatic carbocycles. The maximum absolute atomic E-state index is 4.05. The van der Waals surface area contributed by atoms with E-state index in [1.54, 1.807) is 0 Å². The minimum atomic E-state index is 0.467. The third-order valence-corrected chi connectivity index (χ3v) is 3.37. The van der Waals surface area contributed by atoms with Crippen molar-refractivity contribution in [2.24, 2.45) is 0 Å². The molecule has 82 valence electrons. The minimum Gasteiger partial charge on any atom is -0.374 e. The van der Waals surface area contributed by atoms with Gasteiger partial charge in [0.25, 0.3) is 0 Å². The molecule has 0 saturated heterocycles. The van der Waals surface area contributed by atoms with Crippen molar-refractivity contribution in [2.45, 2.75) is 12.3 Å². The molecule has 1 aliphatic heterocycles. The number of hydrogen-bond donors (Lipinski definition) is 1. The van der Waals surface area contributed by atoms with Gasteiger partial charge < -0.3 is 4.90 Å². The van der Waals surface area contributed by atoms with Gasteiger partial charge in [-0.15, -0.1) is 0 Å². The van der Waals surface area contributed by atoms with E-state index < -0.39 is 0 Å². The molecule has 2 aromatic rings. The Morgan fingerprint density at radius 3 is 3.00 bits per heavy atom. The number of hydrogen-bond acceptors (Lipinski definition) is 2. The van der Waals surface area contributed by atoms with Crippen molar-refractivity contribution in [1.29, 1.82) is 0 Å². The van der Waals surface area contributed by atoms with Crippen molar-refractivity contribution in [1.82, 2.24) is 10.2 Å². The first-order valence-corrected chi connectivity index (χ1v) is 5.65. The van der Waals surface area contributed by atoms with E-state index >= 15 is 0 Å². The Kier molecular flexibility index (Phi) is 2.17. The van der Waals surface area contributed by atoms with Gasteiger partial charge in [0.1, 0.15) is 0 Å². The first-order valence-electron chi connectivity index (χ1n) is 5.65. The van der Waals surface area contributed by atoms with Crippen LogP contribution < -0.4 is 4.90 Å². The van der Waals surface area contributed by atoms with E-state index in [0.717, 1.165) is 13.0 Å². The number of anilines is 1. The molecule has 0 saturated carbocycles. The Morgan fingerprint density at radius 2 is 2.19 bits per heavy atom. The molecule has 2 heterocycles. The Morgan fingerprint density at radius 1 is 1.31 bits per heavy atom. The number of fused-ring (bicyclic) bond motifs is 1. The lowest BCUT2D eigenvalue weighted by molar-refractivity contribution is 0.649. The molecule has 0 bridgehead atoms. The molecule has 0 fully saturated rings. The van der Waals surface area contributed by atoms with Gasteiger partial charge in [0.05, 0.1) is 0 Å². The minimum absolute atomic E-state index is 0.467. The first kappa shape index (κ1) is 9.46. The SMILES string of the molecule is CN1CCC(c2ccn[nH]2)c2ccccc21. The largest absolute Gasteiger partial charge is 0.374 e. The molecule has 1 atom stereocenters. The molecule has 1 unspecified atom stereocenters. The summed E-state index contributed by atoms with van der Waals surface area (Å²) in [5.74, 6) is 0.467. The summed E-state index contributed by atoms with van der Waals surface area (Å²) in [5, 5.41) is 7.14. The second-order valence-electron chi connectivity index (χ2n) is 4.33. The van der Waals surface area contributed by atoms with E-state index in [1.165, 1.54) is 16.9 Å². The predicted molar refractivity (Wildman–Crippen MR) is 64.8 cm³/mol. The first-order chi connectivity index (χ1) is 7.86. The van der Waals surface area contributed by atoms with Gasteiger partial charge in [0.2, 0.25) is 0 Å². The third kappa shape index (κ3) is 1.40. The van der Waals surface area contributed by atoms with Crippen molar-refractivity contribution in [3.05, 3.63) is 47.8 Å². The standard InChI is InChI=1S/C13H15N3/c1-16-9-7-10(12-6-8-14-15-12)11-4-2-3-5-13(11)16/h2-6,8,10H,7,9H2,1H3,(H,14,15). The predicted octanol–water partition coefficient (Wildman–Crippen LogP) is 2.38. The molecule has 0 radical (unpaired) electrons. The Labute approximate surface area is 95.1 Å². The van der Waals surface area contributed by atoms with Crippen LogP contribution in [-0.4, -0.2) is 23.8 Å². The molecule has 16 heavy (non-hydrogen) atoms. The molecule has 3 nitrogen and oxygen atoms in total. The van der Waals surface area contributed by atoms with Crippen LogP contribution in [-0.2, 0) is 0 Å². The Hall–Kier alpha value is -1.77. The molecule has 0 spiro atoms. The van der Waals surface area contributed by atoms with Crippen molar-refractivity contribution in [3.8, 4) is 0 Å². The van der Waals surface area contributed by atoms with Crippen molar-refractivity contribution < 1.29 is 0 Å². The topological polar surface area (TPSA) is 31.9 Å². The van der Waals surface area contributed by atoms with Crippen molar-refractivity contribution in [2.75, 3.05) is 18.5 Å². The quantitative estimate of drug-likeness (QED) is 0.788. The van der Waals surface area contributed by atoms with E-state index in [0.29, 0.717) is 5.92 Å². The summed E-state index contributed by atoms with van der Waals surface area (Å²) in [5.41, 5.74) is 3.97. The molecule has 1 N–H and O–H groups in total. The molecular formula is C13H15N3. The van der Waals surface area contributed by atoms with Crippen LogP contribution in [0, 0.1) is 0 Å². The molecule has 0 aliphatic carbocycles. The van der Waals surface area contributed by atoms with E-state index in [4.69, 9.17) is 0 Å². The summed E-state index contributed by atoms with van der Waals surface area (Å²) < 4.78 is 0. The average Bonchev–Trinajstić information content (AvgIpc) is 2.83. The molecule has 3 rings (SSSR count). The zero-order valence-corrected chi connectivity index (χ0v) is 9.35. The van der Waals surface area contributed by atoms with Crippen LogP contribution in [0.1, 0.15) is 23.6 Å². The normalized spacial score (nSPS) is 19.6. The van der Waals surface area contributed by atoms with Crippen molar-refractivity contribution >= 4 is 5.69 Å². The monoisotopic (exact) mass is 213 g/mol. The van der Waals surface area contributed by atoms with Gasteiger partial charge >= 0.3 is 0 Å². The summed E-state index contributed by atoms with van der Waals surface area (Å²) in [7, 11) is 2.15. The lowest BCUT2D eigenvalue weighted by Gasteiger charge is -2.32. The molecule has 0 amide bonds. The van der Waals surface area contributed by atoms with Gasteiger partial charge in [-0.05, 0) is 24.1 Å². The number of rotatable bonds is 1. The highest BCUT2D eigenvalue weighted by Gasteiger charge is 2.24. The second kappa shape index (κ2) is 3.67. The fraction of sp³-hybridized carbons (Fsp3) is 0.308. The Bertz CT molecular complexity index is 476. The van der Waals surface area contributed by atoms with E-state index in [2.05, 4.69) is 52.5 Å². The van der Waals surface area contributed by atoms with Crippen LogP contribution in [0.4, 0.5) is 5.69 Å². The summed E-state index contributed by atoms with van der Waals surface area (Å²) >= 11 is 0. The van der Waals surface area contributed by atoms with E-state index in [9.17, 15) is 0 Å². The third-order valence-electron chi connectivity index (χ3n) is 3.37. The van der Waals surface area contributed by atoms with E-state index in [-0.39, 0.29) is 0 Å². The van der Waals surface area contributed by atoms with Crippen LogP contribution >= 0.6 is 0 Å². The van der Waals surface area contributed by atoms with Gasteiger partial charge in [-0.25, -0.2) is 0 Å². The van der Waals surface area contributed by atoms with Crippen LogP contribution in [0.15, 0.2) is 36.5 Å². The summed E-state index contributed by atoms with van der Waals surface area (Å²) in [4.78, 5) is 2.32. The van der Waals surface area contributed by atoms with Gasteiger partial charge in [0, 0.05) is 37.1 Å². The van der Waals surface area contributed by atoms with E-state index in [1.807, 2.05) is 6.20 Å². The number of benzene rings is 1. The second-order valence-corrected chi connectivity index (χ2v) is 4.33. The fourth-order valence-electron chi connectivity index (χ4n) is 2.51. The van der Waals surface area contributed by atoms with Crippen LogP contribution in [0.2, 0.25) is 0 Å². The highest BCUT2D eigenvalue weighted by atomic mass is 15.1. The molecule has 3 heteroatoms. The number of nitrogens with one attached hydrogen (secondary N) is 1. The van der Waals surface area contributed by atoms with Crippen molar-refractivity contribution in [3.63, 3.8) is 0 Å². The average molecular weight is 213 g/mol. The van der Waals surface area contributed by atoms with Gasteiger partial charge in [-0.1, -0.05) is 18.2 Å². The van der Waals surface area contributed by atoms with Gasteiger partial charge in [0.15, 0.2) is 0 Å². The number of H-pyrrole nitrogens is 1.